The largest absolute Gasteiger partial charge is 0.497 e. The average Bonchev–Trinajstić information content (AvgIpc) is 2.62. The fraction of sp³-hybridized carbons (Fsp3) is 0.176. The monoisotopic (exact) mass is 557 g/mol. The van der Waals surface area contributed by atoms with Gasteiger partial charge in [0, 0.05) is 9.13 Å². The van der Waals surface area contributed by atoms with Crippen LogP contribution in [0.25, 0.3) is 0 Å². The van der Waals surface area contributed by atoms with Crippen LogP contribution in [0.15, 0.2) is 48.5 Å². The van der Waals surface area contributed by atoms with Gasteiger partial charge in [0.2, 0.25) is 3.79 Å². The van der Waals surface area contributed by atoms with E-state index in [0.717, 1.165) is 9.26 Å². The smallest absolute Gasteiger partial charge is 0.253 e. The molecule has 0 aliphatic carbocycles. The molecule has 0 saturated heterocycles. The molecule has 0 spiro atoms. The second-order valence-electron chi connectivity index (χ2n) is 5.26. The fourth-order valence-electron chi connectivity index (χ4n) is 2.03. The van der Waals surface area contributed by atoms with Gasteiger partial charge in [0.25, 0.3) is 5.91 Å². The third-order valence-corrected chi connectivity index (χ3v) is 5.15. The summed E-state index contributed by atoms with van der Waals surface area (Å²) >= 11 is 25.5. The lowest BCUT2D eigenvalue weighted by Gasteiger charge is -2.28. The van der Waals surface area contributed by atoms with Gasteiger partial charge >= 0.3 is 0 Å². The topological polar surface area (TPSA) is 62.4 Å². The molecule has 0 unspecified atom stereocenters. The van der Waals surface area contributed by atoms with E-state index in [2.05, 4.69) is 38.5 Å². The molecule has 0 aliphatic rings. The molecular formula is C17H15Cl3IN3O2S. The zero-order valence-corrected chi connectivity index (χ0v) is 19.2. The zero-order chi connectivity index (χ0) is 20.0. The first-order valence-corrected chi connectivity index (χ1v) is 10.2. The number of alkyl halides is 3. The fourth-order valence-corrected chi connectivity index (χ4v) is 3.11. The van der Waals surface area contributed by atoms with Crippen LogP contribution in [0.1, 0.15) is 10.4 Å². The Morgan fingerprint density at radius 3 is 2.48 bits per heavy atom. The molecule has 27 heavy (non-hydrogen) atoms. The average molecular weight is 559 g/mol. The summed E-state index contributed by atoms with van der Waals surface area (Å²) in [6.45, 7) is 0. The quantitative estimate of drug-likeness (QED) is 0.215. The Morgan fingerprint density at radius 2 is 1.85 bits per heavy atom. The van der Waals surface area contributed by atoms with Crippen molar-refractivity contribution >= 4 is 86.3 Å². The van der Waals surface area contributed by atoms with Crippen LogP contribution in [-0.4, -0.2) is 28.1 Å². The van der Waals surface area contributed by atoms with Gasteiger partial charge in [0.15, 0.2) is 5.11 Å². The van der Waals surface area contributed by atoms with E-state index in [1.807, 2.05) is 24.3 Å². The number of nitrogens with one attached hydrogen (secondary N) is 3. The summed E-state index contributed by atoms with van der Waals surface area (Å²) in [6, 6.07) is 14.2. The summed E-state index contributed by atoms with van der Waals surface area (Å²) in [6.07, 6.45) is -1.07. The Morgan fingerprint density at radius 1 is 1.15 bits per heavy atom. The number of carbonyl (C=O) groups is 1. The van der Waals surface area contributed by atoms with Gasteiger partial charge in [-0.3, -0.25) is 4.79 Å². The van der Waals surface area contributed by atoms with Crippen molar-refractivity contribution in [1.29, 1.82) is 0 Å². The van der Waals surface area contributed by atoms with Crippen LogP contribution in [0.4, 0.5) is 5.69 Å². The van der Waals surface area contributed by atoms with E-state index in [9.17, 15) is 4.79 Å². The van der Waals surface area contributed by atoms with E-state index in [-0.39, 0.29) is 5.11 Å². The molecule has 144 valence electrons. The Bertz CT molecular complexity index is 833. The van der Waals surface area contributed by atoms with Crippen LogP contribution in [0.5, 0.6) is 5.75 Å². The number of benzene rings is 2. The molecule has 0 fully saturated rings. The van der Waals surface area contributed by atoms with Crippen LogP contribution < -0.4 is 20.7 Å². The second kappa shape index (κ2) is 9.97. The second-order valence-corrected chi connectivity index (χ2v) is 9.20. The molecule has 0 aromatic heterocycles. The molecule has 1 amide bonds. The van der Waals surface area contributed by atoms with Gasteiger partial charge in [-0.1, -0.05) is 53.0 Å². The Labute approximate surface area is 191 Å². The molecule has 2 aromatic rings. The number of halogens is 4. The number of ether oxygens (including phenoxy) is 1. The first-order valence-electron chi connectivity index (χ1n) is 7.54. The molecular weight excluding hydrogens is 544 g/mol. The van der Waals surface area contributed by atoms with Gasteiger partial charge < -0.3 is 20.7 Å². The highest BCUT2D eigenvalue weighted by atomic mass is 127. The summed E-state index contributed by atoms with van der Waals surface area (Å²) in [4.78, 5) is 12.5. The number of carbonyl (C=O) groups excluding carboxylic acids is 1. The minimum Gasteiger partial charge on any atom is -0.497 e. The lowest BCUT2D eigenvalue weighted by atomic mass is 10.2. The zero-order valence-electron chi connectivity index (χ0n) is 13.9. The molecule has 0 heterocycles. The highest BCUT2D eigenvalue weighted by Gasteiger charge is 2.35. The van der Waals surface area contributed by atoms with Crippen molar-refractivity contribution in [2.75, 3.05) is 12.4 Å². The summed E-state index contributed by atoms with van der Waals surface area (Å²) < 4.78 is 4.23. The summed E-state index contributed by atoms with van der Waals surface area (Å²) in [5.41, 5.74) is 1.14. The summed E-state index contributed by atoms with van der Waals surface area (Å²) in [5.74, 6) is 0.0895. The highest BCUT2D eigenvalue weighted by molar-refractivity contribution is 14.1. The minimum absolute atomic E-state index is 0.196. The van der Waals surface area contributed by atoms with Crippen molar-refractivity contribution in [3.8, 4) is 5.75 Å². The van der Waals surface area contributed by atoms with E-state index in [1.54, 1.807) is 24.3 Å². The van der Waals surface area contributed by atoms with Gasteiger partial charge in [0.05, 0.1) is 12.8 Å². The lowest BCUT2D eigenvalue weighted by Crippen LogP contribution is -2.56. The number of amides is 1. The third kappa shape index (κ3) is 6.83. The third-order valence-electron chi connectivity index (χ3n) is 3.33. The lowest BCUT2D eigenvalue weighted by molar-refractivity contribution is 0.0934. The molecule has 3 N–H and O–H groups in total. The van der Waals surface area contributed by atoms with E-state index in [1.165, 1.54) is 7.11 Å². The SMILES string of the molecule is COc1cccc(C(=O)N[C@@H](NC(=S)Nc2ccccc2I)C(Cl)(Cl)Cl)c1. The van der Waals surface area contributed by atoms with Gasteiger partial charge in [-0.15, -0.1) is 0 Å². The van der Waals surface area contributed by atoms with Gasteiger partial charge in [-0.2, -0.15) is 0 Å². The first kappa shape index (κ1) is 22.3. The number of thiocarbonyl (C=S) groups is 1. The predicted molar refractivity (Wildman–Crippen MR) is 123 cm³/mol. The van der Waals surface area contributed by atoms with Crippen molar-refractivity contribution in [3.63, 3.8) is 0 Å². The highest BCUT2D eigenvalue weighted by Crippen LogP contribution is 2.29. The normalized spacial score (nSPS) is 12.0. The maximum absolute atomic E-state index is 12.5. The Hall–Kier alpha value is -1.000. The van der Waals surface area contributed by atoms with E-state index >= 15 is 0 Å². The number of hydrogen-bond donors (Lipinski definition) is 3. The first-order chi connectivity index (χ1) is 12.7. The van der Waals surface area contributed by atoms with Gasteiger partial charge in [-0.05, 0) is 65.1 Å². The van der Waals surface area contributed by atoms with E-state index in [0.29, 0.717) is 11.3 Å². The molecule has 0 radical (unpaired) electrons. The number of para-hydroxylation sites is 1. The van der Waals surface area contributed by atoms with Crippen molar-refractivity contribution in [2.24, 2.45) is 0 Å². The number of anilines is 1. The minimum atomic E-state index is -1.84. The number of methoxy groups -OCH3 is 1. The van der Waals surface area contributed by atoms with E-state index in [4.69, 9.17) is 51.8 Å². The van der Waals surface area contributed by atoms with Crippen LogP contribution in [-0.2, 0) is 0 Å². The maximum atomic E-state index is 12.5. The molecule has 1 atom stereocenters. The summed E-state index contributed by atoms with van der Waals surface area (Å²) in [5, 5.41) is 8.65. The van der Waals surface area contributed by atoms with Crippen molar-refractivity contribution in [1.82, 2.24) is 10.6 Å². The van der Waals surface area contributed by atoms with Gasteiger partial charge in [0.1, 0.15) is 11.9 Å². The number of hydrogen-bond acceptors (Lipinski definition) is 3. The Kier molecular flexibility index (Phi) is 8.23. The van der Waals surface area contributed by atoms with Crippen molar-refractivity contribution < 1.29 is 9.53 Å². The van der Waals surface area contributed by atoms with Crippen LogP contribution in [0.2, 0.25) is 0 Å². The van der Waals surface area contributed by atoms with Crippen molar-refractivity contribution in [2.45, 2.75) is 9.96 Å². The van der Waals surface area contributed by atoms with Crippen LogP contribution in [0.3, 0.4) is 0 Å². The van der Waals surface area contributed by atoms with Gasteiger partial charge in [-0.25, -0.2) is 0 Å². The standard InChI is InChI=1S/C17H15Cl3IN3O2S/c1-26-11-6-4-5-10(9-11)14(25)23-15(17(18,19)20)24-16(27)22-13-8-3-2-7-12(13)21/h2-9,15H,1H3,(H,23,25)(H2,22,24,27)/t15-/m0/s1. The summed E-state index contributed by atoms with van der Waals surface area (Å²) in [7, 11) is 1.51. The molecule has 0 aliphatic heterocycles. The molecule has 0 saturated carbocycles. The van der Waals surface area contributed by atoms with E-state index < -0.39 is 15.9 Å². The maximum Gasteiger partial charge on any atom is 0.253 e. The Balaban J connectivity index is 2.10. The number of rotatable bonds is 5. The van der Waals surface area contributed by atoms with Crippen molar-refractivity contribution in [3.05, 3.63) is 57.7 Å². The molecule has 2 rings (SSSR count). The predicted octanol–water partition coefficient (Wildman–Crippen LogP) is 4.71. The molecule has 0 bridgehead atoms. The van der Waals surface area contributed by atoms with Crippen LogP contribution in [0, 0.1) is 3.57 Å². The van der Waals surface area contributed by atoms with Crippen LogP contribution >= 0.6 is 69.6 Å². The molecule has 5 nitrogen and oxygen atoms in total. The molecule has 2 aromatic carbocycles. The molecule has 10 heteroatoms.